The molecule has 1 aliphatic rings. The second kappa shape index (κ2) is 9.74. The molecule has 1 rings (SSSR count). The highest BCUT2D eigenvalue weighted by Crippen LogP contribution is 2.24. The maximum Gasteiger partial charge on any atom is 0.328 e. The van der Waals surface area contributed by atoms with Crippen molar-refractivity contribution in [1.29, 1.82) is 0 Å². The third kappa shape index (κ3) is 6.64. The van der Waals surface area contributed by atoms with Gasteiger partial charge in [0.1, 0.15) is 0 Å². The first-order valence-corrected chi connectivity index (χ1v) is 8.39. The fourth-order valence-electron chi connectivity index (χ4n) is 2.08. The van der Waals surface area contributed by atoms with Gasteiger partial charge in [-0.3, -0.25) is 4.79 Å². The van der Waals surface area contributed by atoms with Gasteiger partial charge in [0.25, 0.3) is 0 Å². The summed E-state index contributed by atoms with van der Waals surface area (Å²) in [6.07, 6.45) is -1.53. The predicted molar refractivity (Wildman–Crippen MR) is 88.9 cm³/mol. The summed E-state index contributed by atoms with van der Waals surface area (Å²) in [6.45, 7) is 0.960. The van der Waals surface area contributed by atoms with E-state index >= 15 is 0 Å². The first-order valence-electron chi connectivity index (χ1n) is 7.44. The molecule has 6 unspecified atom stereocenters. The third-order valence-electron chi connectivity index (χ3n) is 3.40. The molecule has 3 amide bonds. The average Bonchev–Trinajstić information content (AvgIpc) is 3.00. The second-order valence-electron chi connectivity index (χ2n) is 5.56. The number of hydrazine groups is 1. The number of urea groups is 1. The van der Waals surface area contributed by atoms with E-state index in [1.807, 2.05) is 0 Å². The van der Waals surface area contributed by atoms with E-state index in [9.17, 15) is 19.5 Å². The number of thioether (sulfide) groups is 1. The predicted octanol–water partition coefficient (Wildman–Crippen LogP) is -3.82. The fraction of sp³-hybridized carbons (Fsp3) is 0.750. The number of hydrogen-bond acceptors (Lipinski definition) is 9. The number of carbonyl (C=O) groups excluding carboxylic acids is 2. The van der Waals surface area contributed by atoms with Gasteiger partial charge in [-0.1, -0.05) is 0 Å². The normalized spacial score (nSPS) is 24.8. The molecule has 1 fully saturated rings. The highest BCUT2D eigenvalue weighted by atomic mass is 32.2. The first kappa shape index (κ1) is 21.4. The van der Waals surface area contributed by atoms with E-state index in [1.165, 1.54) is 18.7 Å². The molecule has 12 nitrogen and oxygen atoms in total. The largest absolute Gasteiger partial charge is 0.480 e. The Morgan fingerprint density at radius 2 is 1.84 bits per heavy atom. The van der Waals surface area contributed by atoms with Crippen molar-refractivity contribution in [3.8, 4) is 0 Å². The molecule has 1 heterocycles. The Morgan fingerprint density at radius 3 is 2.32 bits per heavy atom. The lowest BCUT2D eigenvalue weighted by Gasteiger charge is -2.25. The lowest BCUT2D eigenvalue weighted by molar-refractivity contribution is -0.141. The van der Waals surface area contributed by atoms with Gasteiger partial charge in [-0.25, -0.2) is 20.4 Å². The topological polar surface area (TPSA) is 212 Å². The number of amides is 3. The fourth-order valence-corrected chi connectivity index (χ4v) is 3.31. The Labute approximate surface area is 148 Å². The zero-order valence-electron chi connectivity index (χ0n) is 13.5. The molecule has 0 radical (unpaired) electrons. The van der Waals surface area contributed by atoms with Crippen molar-refractivity contribution in [3.63, 3.8) is 0 Å². The van der Waals surface area contributed by atoms with Crippen molar-refractivity contribution in [2.75, 3.05) is 6.61 Å². The van der Waals surface area contributed by atoms with Crippen LogP contribution in [0.15, 0.2) is 0 Å². The lowest BCUT2D eigenvalue weighted by Crippen LogP contribution is -2.57. The molecule has 1 saturated heterocycles. The van der Waals surface area contributed by atoms with Crippen LogP contribution >= 0.6 is 11.8 Å². The van der Waals surface area contributed by atoms with E-state index in [2.05, 4.69) is 21.5 Å². The van der Waals surface area contributed by atoms with E-state index in [0.717, 1.165) is 0 Å². The summed E-state index contributed by atoms with van der Waals surface area (Å²) in [5.41, 5.74) is 16.6. The molecule has 0 aliphatic carbocycles. The van der Waals surface area contributed by atoms with E-state index in [1.54, 1.807) is 0 Å². The molecule has 13 heteroatoms. The van der Waals surface area contributed by atoms with Crippen molar-refractivity contribution < 1.29 is 29.7 Å². The van der Waals surface area contributed by atoms with Gasteiger partial charge in [-0.15, -0.1) is 11.8 Å². The minimum absolute atomic E-state index is 0.215. The van der Waals surface area contributed by atoms with Crippen molar-refractivity contribution in [2.45, 2.75) is 48.3 Å². The molecule has 0 saturated carbocycles. The van der Waals surface area contributed by atoms with E-state index < -0.39 is 47.5 Å². The van der Waals surface area contributed by atoms with Crippen LogP contribution in [0.3, 0.4) is 0 Å². The Balaban J connectivity index is 2.71. The van der Waals surface area contributed by atoms with Gasteiger partial charge in [-0.05, 0) is 6.92 Å². The highest BCUT2D eigenvalue weighted by Gasteiger charge is 2.36. The van der Waals surface area contributed by atoms with E-state index in [-0.39, 0.29) is 18.4 Å². The molecule has 0 bridgehead atoms. The smallest absolute Gasteiger partial charge is 0.328 e. The molecule has 1 aliphatic heterocycles. The minimum Gasteiger partial charge on any atom is -0.480 e. The number of rotatable bonds is 9. The number of aliphatic hydroxyl groups is 2. The molecular weight excluding hydrogens is 356 g/mol. The Bertz CT molecular complexity index is 495. The van der Waals surface area contributed by atoms with Gasteiger partial charge < -0.3 is 37.4 Å². The van der Waals surface area contributed by atoms with E-state index in [4.69, 9.17) is 21.7 Å². The molecule has 6 atom stereocenters. The standard InChI is InChI=1S/C12H24N6O6S/c1-4(20)8(11(22)23)16-12(24)15-6(2-7(14)21)10-18-17-9(25-10)5(13)3-19/h4-6,8-10,17-20H,2-3,13H2,1H3,(H2,14,21)(H,22,23)(H2,15,16,24). The molecule has 11 N–H and O–H groups in total. The van der Waals surface area contributed by atoms with Gasteiger partial charge in [-0.2, -0.15) is 0 Å². The Hall–Kier alpha value is -1.64. The number of hydrogen-bond donors (Lipinski definition) is 9. The summed E-state index contributed by atoms with van der Waals surface area (Å²) in [5, 5.41) is 31.1. The van der Waals surface area contributed by atoms with Crippen LogP contribution in [0.1, 0.15) is 13.3 Å². The summed E-state index contributed by atoms with van der Waals surface area (Å²) in [6, 6.07) is -3.74. The quantitative estimate of drug-likeness (QED) is 0.190. The summed E-state index contributed by atoms with van der Waals surface area (Å²) in [4.78, 5) is 34.3. The van der Waals surface area contributed by atoms with Crippen LogP contribution in [-0.4, -0.2) is 74.8 Å². The van der Waals surface area contributed by atoms with Gasteiger partial charge in [0.05, 0.1) is 35.5 Å². The van der Waals surface area contributed by atoms with Crippen molar-refractivity contribution >= 4 is 29.7 Å². The van der Waals surface area contributed by atoms with Gasteiger partial charge in [0, 0.05) is 6.42 Å². The summed E-state index contributed by atoms with van der Waals surface area (Å²) < 4.78 is 0. The maximum absolute atomic E-state index is 12.0. The van der Waals surface area contributed by atoms with Crippen molar-refractivity contribution in [3.05, 3.63) is 0 Å². The molecular formula is C12H24N6O6S. The maximum atomic E-state index is 12.0. The number of primary amides is 1. The summed E-state index contributed by atoms with van der Waals surface area (Å²) >= 11 is 1.24. The van der Waals surface area contributed by atoms with Crippen LogP contribution in [0.4, 0.5) is 4.79 Å². The zero-order chi connectivity index (χ0) is 19.1. The SMILES string of the molecule is CC(O)C(NC(=O)NC(CC(N)=O)C1NNC(C(N)CO)S1)C(=O)O. The molecule has 0 spiro atoms. The van der Waals surface area contributed by atoms with Crippen molar-refractivity contribution in [2.24, 2.45) is 11.5 Å². The van der Waals surface area contributed by atoms with Crippen LogP contribution in [0.2, 0.25) is 0 Å². The van der Waals surface area contributed by atoms with Crippen molar-refractivity contribution in [1.82, 2.24) is 21.5 Å². The van der Waals surface area contributed by atoms with Gasteiger partial charge in [0.15, 0.2) is 6.04 Å². The number of carboxylic acids is 1. The van der Waals surface area contributed by atoms with Crippen LogP contribution < -0.4 is 33.0 Å². The lowest BCUT2D eigenvalue weighted by atomic mass is 10.2. The third-order valence-corrected chi connectivity index (χ3v) is 4.90. The average molecular weight is 380 g/mol. The molecule has 0 aromatic rings. The summed E-state index contributed by atoms with van der Waals surface area (Å²) in [7, 11) is 0. The number of carboxylic acid groups (broad SMARTS) is 1. The molecule has 25 heavy (non-hydrogen) atoms. The number of aliphatic hydroxyl groups excluding tert-OH is 2. The molecule has 0 aromatic carbocycles. The van der Waals surface area contributed by atoms with Crippen LogP contribution in [-0.2, 0) is 9.59 Å². The van der Waals surface area contributed by atoms with E-state index in [0.29, 0.717) is 0 Å². The second-order valence-corrected chi connectivity index (χ2v) is 6.85. The van der Waals surface area contributed by atoms with Crippen LogP contribution in [0.25, 0.3) is 0 Å². The van der Waals surface area contributed by atoms with Crippen LogP contribution in [0, 0.1) is 0 Å². The summed E-state index contributed by atoms with van der Waals surface area (Å²) in [5.74, 6) is -2.08. The molecule has 0 aromatic heterocycles. The minimum atomic E-state index is -1.51. The Morgan fingerprint density at radius 1 is 1.24 bits per heavy atom. The Kier molecular flexibility index (Phi) is 8.34. The number of nitrogens with two attached hydrogens (primary N) is 2. The van der Waals surface area contributed by atoms with Gasteiger partial charge in [0.2, 0.25) is 5.91 Å². The van der Waals surface area contributed by atoms with Gasteiger partial charge >= 0.3 is 12.0 Å². The zero-order valence-corrected chi connectivity index (χ0v) is 14.3. The van der Waals surface area contributed by atoms with Crippen LogP contribution in [0.5, 0.6) is 0 Å². The number of aliphatic carboxylic acids is 1. The number of carbonyl (C=O) groups is 3. The number of nitrogens with one attached hydrogen (secondary N) is 4. The monoisotopic (exact) mass is 380 g/mol. The highest BCUT2D eigenvalue weighted by molar-refractivity contribution is 8.00. The molecule has 144 valence electrons. The first-order chi connectivity index (χ1) is 11.6.